The van der Waals surface area contributed by atoms with Crippen LogP contribution in [0.5, 0.6) is 0 Å². The van der Waals surface area contributed by atoms with Crippen LogP contribution in [0.1, 0.15) is 19.8 Å². The number of hydrogen-bond donors (Lipinski definition) is 2. The van der Waals surface area contributed by atoms with Gasteiger partial charge in [0, 0.05) is 12.1 Å². The lowest BCUT2D eigenvalue weighted by molar-refractivity contribution is 0.347. The second-order valence-corrected chi connectivity index (χ2v) is 2.87. The van der Waals surface area contributed by atoms with Crippen molar-refractivity contribution in [1.29, 1.82) is 0 Å². The molecule has 1 fully saturated rings. The number of nitrogens with one attached hydrogen (secondary N) is 2. The molecule has 0 aromatic rings. The van der Waals surface area contributed by atoms with Crippen LogP contribution >= 0.6 is 0 Å². The van der Waals surface area contributed by atoms with Gasteiger partial charge in [-0.3, -0.25) is 0 Å². The number of piperidine rings is 1. The third-order valence-corrected chi connectivity index (χ3v) is 2.03. The Morgan fingerprint density at radius 3 is 2.78 bits per heavy atom. The molecule has 2 N–H and O–H groups in total. The highest BCUT2D eigenvalue weighted by Crippen LogP contribution is 2.06. The van der Waals surface area contributed by atoms with Crippen LogP contribution in [0, 0.1) is 0 Å². The van der Waals surface area contributed by atoms with E-state index in [1.807, 2.05) is 7.05 Å². The molecule has 0 bridgehead atoms. The Balaban J connectivity index is 2.23. The third kappa shape index (κ3) is 1.95. The lowest BCUT2D eigenvalue weighted by atomic mass is 10.0. The van der Waals surface area contributed by atoms with Crippen molar-refractivity contribution in [1.82, 2.24) is 10.6 Å². The third-order valence-electron chi connectivity index (χ3n) is 2.03. The van der Waals surface area contributed by atoms with Gasteiger partial charge < -0.3 is 10.6 Å². The van der Waals surface area contributed by atoms with Gasteiger partial charge in [0.15, 0.2) is 0 Å². The van der Waals surface area contributed by atoms with Crippen molar-refractivity contribution in [2.45, 2.75) is 31.8 Å². The molecule has 1 saturated heterocycles. The first-order valence-electron chi connectivity index (χ1n) is 3.73. The van der Waals surface area contributed by atoms with Crippen LogP contribution in [0.2, 0.25) is 0 Å². The summed E-state index contributed by atoms with van der Waals surface area (Å²) in [6.07, 6.45) is 2.55. The SMILES string of the molecule is CN[C@H]1CCN[C@@H](C)C1. The summed E-state index contributed by atoms with van der Waals surface area (Å²) < 4.78 is 0. The van der Waals surface area contributed by atoms with Crippen LogP contribution in [0.3, 0.4) is 0 Å². The maximum atomic E-state index is 3.41. The fourth-order valence-corrected chi connectivity index (χ4v) is 1.39. The minimum atomic E-state index is 0.705. The van der Waals surface area contributed by atoms with E-state index in [0.29, 0.717) is 6.04 Å². The van der Waals surface area contributed by atoms with E-state index in [9.17, 15) is 0 Å². The van der Waals surface area contributed by atoms with Crippen molar-refractivity contribution >= 4 is 0 Å². The average molecular weight is 128 g/mol. The van der Waals surface area contributed by atoms with Crippen molar-refractivity contribution in [2.75, 3.05) is 13.6 Å². The van der Waals surface area contributed by atoms with Gasteiger partial charge in [0.25, 0.3) is 0 Å². The Hall–Kier alpha value is -0.0800. The Morgan fingerprint density at radius 1 is 1.56 bits per heavy atom. The molecule has 0 saturated carbocycles. The molecule has 1 aliphatic heterocycles. The summed E-state index contributed by atoms with van der Waals surface area (Å²) in [4.78, 5) is 0. The zero-order valence-electron chi connectivity index (χ0n) is 6.28. The molecule has 0 amide bonds. The summed E-state index contributed by atoms with van der Waals surface area (Å²) >= 11 is 0. The normalized spacial score (nSPS) is 36.7. The van der Waals surface area contributed by atoms with E-state index >= 15 is 0 Å². The summed E-state index contributed by atoms with van der Waals surface area (Å²) in [5, 5.41) is 6.70. The molecule has 2 heteroatoms. The van der Waals surface area contributed by atoms with Crippen LogP contribution in [-0.2, 0) is 0 Å². The molecule has 2 atom stereocenters. The minimum absolute atomic E-state index is 0.705. The predicted molar refractivity (Wildman–Crippen MR) is 39.5 cm³/mol. The van der Waals surface area contributed by atoms with Crippen LogP contribution in [0.15, 0.2) is 0 Å². The van der Waals surface area contributed by atoms with E-state index < -0.39 is 0 Å². The van der Waals surface area contributed by atoms with Gasteiger partial charge in [-0.1, -0.05) is 0 Å². The fourth-order valence-electron chi connectivity index (χ4n) is 1.39. The standard InChI is InChI=1S/C7H16N2/c1-6-5-7(8-2)3-4-9-6/h6-9H,3-5H2,1-2H3/t6-,7-/m0/s1. The second-order valence-electron chi connectivity index (χ2n) is 2.87. The lowest BCUT2D eigenvalue weighted by Gasteiger charge is -2.27. The summed E-state index contributed by atoms with van der Waals surface area (Å²) in [6.45, 7) is 3.41. The lowest BCUT2D eigenvalue weighted by Crippen LogP contribution is -2.43. The molecule has 1 aliphatic rings. The Morgan fingerprint density at radius 2 is 2.33 bits per heavy atom. The van der Waals surface area contributed by atoms with E-state index in [2.05, 4.69) is 17.6 Å². The van der Waals surface area contributed by atoms with Gasteiger partial charge in [-0.2, -0.15) is 0 Å². The van der Waals surface area contributed by atoms with E-state index in [1.165, 1.54) is 19.4 Å². The quantitative estimate of drug-likeness (QED) is 0.532. The summed E-state index contributed by atoms with van der Waals surface area (Å²) in [6, 6.07) is 1.46. The van der Waals surface area contributed by atoms with E-state index in [0.717, 1.165) is 6.04 Å². The van der Waals surface area contributed by atoms with E-state index in [4.69, 9.17) is 0 Å². The van der Waals surface area contributed by atoms with Crippen molar-refractivity contribution in [3.63, 3.8) is 0 Å². The van der Waals surface area contributed by atoms with E-state index in [1.54, 1.807) is 0 Å². The maximum absolute atomic E-state index is 3.41. The summed E-state index contributed by atoms with van der Waals surface area (Å²) in [5.74, 6) is 0. The van der Waals surface area contributed by atoms with Gasteiger partial charge in [0.1, 0.15) is 0 Å². The van der Waals surface area contributed by atoms with Gasteiger partial charge in [-0.05, 0) is 33.4 Å². The van der Waals surface area contributed by atoms with Gasteiger partial charge >= 0.3 is 0 Å². The molecule has 54 valence electrons. The predicted octanol–water partition coefficient (Wildman–Crippen LogP) is 0.346. The van der Waals surface area contributed by atoms with Gasteiger partial charge in [0.2, 0.25) is 0 Å². The molecule has 0 aliphatic carbocycles. The molecule has 0 aromatic heterocycles. The molecule has 0 unspecified atom stereocenters. The molecule has 0 spiro atoms. The molecule has 1 heterocycles. The Kier molecular flexibility index (Phi) is 2.49. The van der Waals surface area contributed by atoms with Crippen LogP contribution in [-0.4, -0.2) is 25.7 Å². The first-order valence-corrected chi connectivity index (χ1v) is 3.73. The fraction of sp³-hybridized carbons (Fsp3) is 1.00. The largest absolute Gasteiger partial charge is 0.317 e. The molecule has 0 radical (unpaired) electrons. The molecule has 0 aromatic carbocycles. The molecular weight excluding hydrogens is 112 g/mol. The summed E-state index contributed by atoms with van der Waals surface area (Å²) in [7, 11) is 2.04. The number of hydrogen-bond acceptors (Lipinski definition) is 2. The molecule has 2 nitrogen and oxygen atoms in total. The zero-order chi connectivity index (χ0) is 6.69. The summed E-state index contributed by atoms with van der Waals surface area (Å²) in [5.41, 5.74) is 0. The Labute approximate surface area is 57.0 Å². The van der Waals surface area contributed by atoms with Crippen LogP contribution < -0.4 is 10.6 Å². The topological polar surface area (TPSA) is 24.1 Å². The average Bonchev–Trinajstić information content (AvgIpc) is 1.88. The number of rotatable bonds is 1. The van der Waals surface area contributed by atoms with Crippen LogP contribution in [0.4, 0.5) is 0 Å². The maximum Gasteiger partial charge on any atom is 0.00908 e. The highest BCUT2D eigenvalue weighted by molar-refractivity contribution is 4.78. The van der Waals surface area contributed by atoms with Crippen molar-refractivity contribution in [2.24, 2.45) is 0 Å². The molecular formula is C7H16N2. The van der Waals surface area contributed by atoms with Gasteiger partial charge in [-0.15, -0.1) is 0 Å². The molecule has 1 rings (SSSR count). The van der Waals surface area contributed by atoms with Gasteiger partial charge in [-0.25, -0.2) is 0 Å². The zero-order valence-corrected chi connectivity index (χ0v) is 6.28. The van der Waals surface area contributed by atoms with Crippen LogP contribution in [0.25, 0.3) is 0 Å². The Bertz CT molecular complexity index is 83.0. The minimum Gasteiger partial charge on any atom is -0.317 e. The first-order chi connectivity index (χ1) is 4.33. The first kappa shape index (κ1) is 7.03. The second kappa shape index (κ2) is 3.18. The van der Waals surface area contributed by atoms with Crippen molar-refractivity contribution in [3.05, 3.63) is 0 Å². The van der Waals surface area contributed by atoms with Crippen molar-refractivity contribution in [3.8, 4) is 0 Å². The smallest absolute Gasteiger partial charge is 0.00908 e. The van der Waals surface area contributed by atoms with Crippen molar-refractivity contribution < 1.29 is 0 Å². The van der Waals surface area contributed by atoms with E-state index in [-0.39, 0.29) is 0 Å². The highest BCUT2D eigenvalue weighted by atomic mass is 15.0. The molecule has 9 heavy (non-hydrogen) atoms. The monoisotopic (exact) mass is 128 g/mol. The van der Waals surface area contributed by atoms with Gasteiger partial charge in [0.05, 0.1) is 0 Å². The highest BCUT2D eigenvalue weighted by Gasteiger charge is 2.15.